The molecule has 0 aliphatic carbocycles. The van der Waals surface area contributed by atoms with Crippen molar-refractivity contribution in [2.45, 2.75) is 10.2 Å². The topological polar surface area (TPSA) is 55.4 Å². The Kier molecular flexibility index (Phi) is 4.67. The molecule has 0 bridgehead atoms. The van der Waals surface area contributed by atoms with Gasteiger partial charge in [-0.1, -0.05) is 34.1 Å². The SMILES string of the molecule is COc1ccc(S(=O)(=O)Nc2ccccc2CBr)cc1. The summed E-state index contributed by atoms with van der Waals surface area (Å²) in [6.45, 7) is 0. The molecule has 0 fully saturated rings. The van der Waals surface area contributed by atoms with Crippen molar-refractivity contribution in [3.63, 3.8) is 0 Å². The minimum atomic E-state index is -3.60. The second kappa shape index (κ2) is 6.28. The van der Waals surface area contributed by atoms with Gasteiger partial charge in [-0.15, -0.1) is 0 Å². The van der Waals surface area contributed by atoms with Gasteiger partial charge < -0.3 is 4.74 Å². The van der Waals surface area contributed by atoms with Gasteiger partial charge in [-0.25, -0.2) is 8.42 Å². The highest BCUT2D eigenvalue weighted by Gasteiger charge is 2.15. The molecule has 0 heterocycles. The van der Waals surface area contributed by atoms with Gasteiger partial charge in [0.25, 0.3) is 10.0 Å². The number of nitrogens with one attached hydrogen (secondary N) is 1. The highest BCUT2D eigenvalue weighted by Crippen LogP contribution is 2.23. The fourth-order valence-electron chi connectivity index (χ4n) is 1.69. The molecule has 0 aromatic heterocycles. The van der Waals surface area contributed by atoms with Crippen LogP contribution < -0.4 is 9.46 Å². The highest BCUT2D eigenvalue weighted by molar-refractivity contribution is 9.08. The summed E-state index contributed by atoms with van der Waals surface area (Å²) in [4.78, 5) is 0.197. The number of alkyl halides is 1. The first-order valence-electron chi connectivity index (χ1n) is 5.87. The summed E-state index contributed by atoms with van der Waals surface area (Å²) in [5.74, 6) is 0.616. The van der Waals surface area contributed by atoms with Gasteiger partial charge >= 0.3 is 0 Å². The van der Waals surface area contributed by atoms with Crippen molar-refractivity contribution in [3.05, 3.63) is 54.1 Å². The maximum absolute atomic E-state index is 12.3. The van der Waals surface area contributed by atoms with Crippen LogP contribution in [-0.2, 0) is 15.4 Å². The van der Waals surface area contributed by atoms with Gasteiger partial charge in [0.2, 0.25) is 0 Å². The number of ether oxygens (including phenoxy) is 1. The summed E-state index contributed by atoms with van der Waals surface area (Å²) < 4.78 is 32.2. The Morgan fingerprint density at radius 2 is 1.75 bits per heavy atom. The molecule has 0 saturated carbocycles. The van der Waals surface area contributed by atoms with Gasteiger partial charge in [-0.05, 0) is 35.9 Å². The lowest BCUT2D eigenvalue weighted by molar-refractivity contribution is 0.414. The lowest BCUT2D eigenvalue weighted by Crippen LogP contribution is -2.13. The van der Waals surface area contributed by atoms with Crippen LogP contribution in [0.25, 0.3) is 0 Å². The minimum absolute atomic E-state index is 0.197. The largest absolute Gasteiger partial charge is 0.497 e. The smallest absolute Gasteiger partial charge is 0.261 e. The molecule has 0 aliphatic heterocycles. The van der Waals surface area contributed by atoms with Crippen LogP contribution in [-0.4, -0.2) is 15.5 Å². The summed E-state index contributed by atoms with van der Waals surface area (Å²) in [7, 11) is -2.06. The van der Waals surface area contributed by atoms with Crippen molar-refractivity contribution in [2.75, 3.05) is 11.8 Å². The van der Waals surface area contributed by atoms with E-state index in [4.69, 9.17) is 4.74 Å². The Hall–Kier alpha value is -1.53. The number of benzene rings is 2. The van der Waals surface area contributed by atoms with Gasteiger partial charge in [0.1, 0.15) is 5.75 Å². The van der Waals surface area contributed by atoms with Gasteiger partial charge in [-0.3, -0.25) is 4.72 Å². The number of anilines is 1. The van der Waals surface area contributed by atoms with Crippen molar-refractivity contribution in [3.8, 4) is 5.75 Å². The third-order valence-corrected chi connectivity index (χ3v) is 4.76. The van der Waals surface area contributed by atoms with Crippen LogP contribution in [0.4, 0.5) is 5.69 Å². The van der Waals surface area contributed by atoms with Crippen LogP contribution in [0.15, 0.2) is 53.4 Å². The molecule has 106 valence electrons. The monoisotopic (exact) mass is 355 g/mol. The van der Waals surface area contributed by atoms with E-state index in [1.807, 2.05) is 12.1 Å². The summed E-state index contributed by atoms with van der Waals surface area (Å²) >= 11 is 3.34. The lowest BCUT2D eigenvalue weighted by Gasteiger charge is -2.11. The standard InChI is InChI=1S/C14H14BrNO3S/c1-19-12-6-8-13(9-7-12)20(17,18)16-14-5-3-2-4-11(14)10-15/h2-9,16H,10H2,1H3. The fourth-order valence-corrected chi connectivity index (χ4v) is 3.28. The molecule has 0 radical (unpaired) electrons. The molecule has 2 aromatic carbocycles. The average Bonchev–Trinajstić information content (AvgIpc) is 2.47. The van der Waals surface area contributed by atoms with Crippen molar-refractivity contribution in [1.29, 1.82) is 0 Å². The normalized spacial score (nSPS) is 11.1. The van der Waals surface area contributed by atoms with Crippen molar-refractivity contribution in [1.82, 2.24) is 0 Å². The first kappa shape index (κ1) is 14.9. The third kappa shape index (κ3) is 3.32. The molecule has 2 rings (SSSR count). The van der Waals surface area contributed by atoms with Crippen molar-refractivity contribution < 1.29 is 13.2 Å². The van der Waals surface area contributed by atoms with E-state index >= 15 is 0 Å². The van der Waals surface area contributed by atoms with E-state index in [2.05, 4.69) is 20.7 Å². The second-order valence-electron chi connectivity index (χ2n) is 4.07. The first-order chi connectivity index (χ1) is 9.56. The molecule has 0 unspecified atom stereocenters. The number of rotatable bonds is 5. The Morgan fingerprint density at radius 3 is 2.35 bits per heavy atom. The van der Waals surface area contributed by atoms with E-state index < -0.39 is 10.0 Å². The molecule has 6 heteroatoms. The van der Waals surface area contributed by atoms with Crippen molar-refractivity contribution in [2.24, 2.45) is 0 Å². The minimum Gasteiger partial charge on any atom is -0.497 e. The number of halogens is 1. The molecule has 0 atom stereocenters. The summed E-state index contributed by atoms with van der Waals surface area (Å²) in [6.07, 6.45) is 0. The predicted molar refractivity (Wildman–Crippen MR) is 82.9 cm³/mol. The maximum Gasteiger partial charge on any atom is 0.261 e. The number of methoxy groups -OCH3 is 1. The highest BCUT2D eigenvalue weighted by atomic mass is 79.9. The van der Waals surface area contributed by atoms with E-state index in [1.54, 1.807) is 24.3 Å². The van der Waals surface area contributed by atoms with E-state index in [-0.39, 0.29) is 4.90 Å². The first-order valence-corrected chi connectivity index (χ1v) is 8.48. The summed E-state index contributed by atoms with van der Waals surface area (Å²) in [5.41, 5.74) is 1.45. The number of sulfonamides is 1. The summed E-state index contributed by atoms with van der Waals surface area (Å²) in [6, 6.07) is 13.5. The van der Waals surface area contributed by atoms with Crippen LogP contribution in [0.3, 0.4) is 0 Å². The molecule has 4 nitrogen and oxygen atoms in total. The Labute approximate surface area is 127 Å². The quantitative estimate of drug-likeness (QED) is 0.836. The van der Waals surface area contributed by atoms with Crippen molar-refractivity contribution >= 4 is 31.6 Å². The van der Waals surface area contributed by atoms with Gasteiger partial charge in [0, 0.05) is 5.33 Å². The zero-order valence-electron chi connectivity index (χ0n) is 10.8. The number of hydrogen-bond donors (Lipinski definition) is 1. The van der Waals surface area contributed by atoms with Gasteiger partial charge in [-0.2, -0.15) is 0 Å². The van der Waals surface area contributed by atoms with Crippen LogP contribution in [0.1, 0.15) is 5.56 Å². The maximum atomic E-state index is 12.3. The van der Waals surface area contributed by atoms with Crippen LogP contribution in [0.2, 0.25) is 0 Å². The van der Waals surface area contributed by atoms with Crippen LogP contribution in [0, 0.1) is 0 Å². The van der Waals surface area contributed by atoms with Crippen LogP contribution >= 0.6 is 15.9 Å². The Morgan fingerprint density at radius 1 is 1.10 bits per heavy atom. The molecule has 20 heavy (non-hydrogen) atoms. The van der Waals surface area contributed by atoms with Gasteiger partial charge in [0.15, 0.2) is 0 Å². The average molecular weight is 356 g/mol. The number of hydrogen-bond acceptors (Lipinski definition) is 3. The van der Waals surface area contributed by atoms with E-state index in [0.29, 0.717) is 16.8 Å². The van der Waals surface area contributed by atoms with Gasteiger partial charge in [0.05, 0.1) is 17.7 Å². The Balaban J connectivity index is 2.30. The van der Waals surface area contributed by atoms with E-state index in [9.17, 15) is 8.42 Å². The molecule has 0 amide bonds. The molecule has 0 saturated heterocycles. The predicted octanol–water partition coefficient (Wildman–Crippen LogP) is 3.39. The summed E-state index contributed by atoms with van der Waals surface area (Å²) in [5, 5.41) is 0.578. The molecular weight excluding hydrogens is 342 g/mol. The molecular formula is C14H14BrNO3S. The molecule has 0 spiro atoms. The third-order valence-electron chi connectivity index (χ3n) is 2.78. The van der Waals surface area contributed by atoms with E-state index in [0.717, 1.165) is 5.56 Å². The van der Waals surface area contributed by atoms with Crippen LogP contribution in [0.5, 0.6) is 5.75 Å². The lowest BCUT2D eigenvalue weighted by atomic mass is 10.2. The second-order valence-corrected chi connectivity index (χ2v) is 6.31. The van der Waals surface area contributed by atoms with E-state index in [1.165, 1.54) is 19.2 Å². The number of para-hydroxylation sites is 1. The molecule has 0 aliphatic rings. The molecule has 1 N–H and O–H groups in total. The zero-order valence-corrected chi connectivity index (χ0v) is 13.2. The zero-order chi connectivity index (χ0) is 14.6. The fraction of sp³-hybridized carbons (Fsp3) is 0.143. The Bertz CT molecular complexity index is 684. The molecule has 2 aromatic rings.